The number of amides is 1. The molecule has 0 spiro atoms. The van der Waals surface area contributed by atoms with Crippen LogP contribution in [0.3, 0.4) is 0 Å². The molecule has 3 heterocycles. The number of hydrogen-bond donors (Lipinski definition) is 5. The zero-order valence-corrected chi connectivity index (χ0v) is 16.5. The lowest BCUT2D eigenvalue weighted by Gasteiger charge is -2.46. The summed E-state index contributed by atoms with van der Waals surface area (Å²) in [7, 11) is 0. The first-order chi connectivity index (χ1) is 12.8. The number of thioether (sulfide) groups is 1. The van der Waals surface area contributed by atoms with Gasteiger partial charge in [0.15, 0.2) is 0 Å². The molecule has 9 heteroatoms. The second kappa shape index (κ2) is 8.08. The van der Waals surface area contributed by atoms with Crippen molar-refractivity contribution < 1.29 is 24.9 Å². The highest BCUT2D eigenvalue weighted by atomic mass is 32.2. The number of carbonyl (C=O) groups excluding carboxylic acids is 1. The normalized spacial score (nSPS) is 35.2. The van der Waals surface area contributed by atoms with Crippen LogP contribution >= 0.6 is 11.8 Å². The van der Waals surface area contributed by atoms with Crippen molar-refractivity contribution in [3.63, 3.8) is 0 Å². The predicted molar refractivity (Wildman–Crippen MR) is 102 cm³/mol. The molecule has 3 aliphatic rings. The van der Waals surface area contributed by atoms with Crippen LogP contribution in [-0.2, 0) is 9.59 Å². The molecule has 0 unspecified atom stereocenters. The van der Waals surface area contributed by atoms with E-state index in [0.29, 0.717) is 24.4 Å². The van der Waals surface area contributed by atoms with Gasteiger partial charge in [-0.15, -0.1) is 11.8 Å². The lowest BCUT2D eigenvalue weighted by atomic mass is 9.79. The summed E-state index contributed by atoms with van der Waals surface area (Å²) in [6.45, 7) is 4.72. The van der Waals surface area contributed by atoms with E-state index in [-0.39, 0.29) is 34.9 Å². The van der Waals surface area contributed by atoms with E-state index in [2.05, 4.69) is 5.32 Å². The number of fused-ring (bicyclic) bond motifs is 1. The van der Waals surface area contributed by atoms with Crippen molar-refractivity contribution in [3.8, 4) is 0 Å². The molecule has 0 saturated carbocycles. The number of nitrogens with zero attached hydrogens (tertiary/aromatic N) is 1. The van der Waals surface area contributed by atoms with E-state index in [4.69, 9.17) is 5.73 Å². The number of carboxylic acid groups (broad SMARTS) is 1. The zero-order valence-electron chi connectivity index (χ0n) is 15.7. The molecule has 2 fully saturated rings. The molecule has 0 aromatic heterocycles. The monoisotopic (exact) mass is 399 g/mol. The first-order valence-corrected chi connectivity index (χ1v) is 10.4. The van der Waals surface area contributed by atoms with E-state index in [1.807, 2.05) is 6.92 Å². The number of nitrogens with two attached hydrogens (primary N) is 1. The molecule has 2 saturated heterocycles. The summed E-state index contributed by atoms with van der Waals surface area (Å²) in [6.07, 6.45) is 0.885. The van der Waals surface area contributed by atoms with Gasteiger partial charge in [-0.1, -0.05) is 6.92 Å². The Morgan fingerprint density at radius 1 is 1.44 bits per heavy atom. The third-order valence-electron chi connectivity index (χ3n) is 5.90. The van der Waals surface area contributed by atoms with Gasteiger partial charge in [-0.25, -0.2) is 4.79 Å². The standard InChI is InChI=1S/C18H29N3O5S/c1-8-14-13(9(2)22)17(24)21(14)15(18(25)26)16(8)27-10-6-11(20-7-10)12(23)4-3-5-19/h8-14,20,22-23H,3-7,19H2,1-2H3,(H,25,26)/t8-,9-,10+,11+,12-,13-,14-/m1/s1. The van der Waals surface area contributed by atoms with Crippen LogP contribution < -0.4 is 11.1 Å². The van der Waals surface area contributed by atoms with E-state index in [1.54, 1.807) is 6.92 Å². The van der Waals surface area contributed by atoms with Crippen molar-refractivity contribution in [2.75, 3.05) is 13.1 Å². The summed E-state index contributed by atoms with van der Waals surface area (Å²) in [5.74, 6) is -2.08. The topological polar surface area (TPSA) is 136 Å². The second-order valence-electron chi connectivity index (χ2n) is 7.76. The molecule has 0 aromatic carbocycles. The fourth-order valence-corrected chi connectivity index (χ4v) is 6.00. The Bertz CT molecular complexity index is 640. The number of aliphatic carboxylic acids is 1. The number of hydrogen-bond acceptors (Lipinski definition) is 7. The first kappa shape index (κ1) is 20.6. The molecule has 3 aliphatic heterocycles. The van der Waals surface area contributed by atoms with Crippen LogP contribution in [0.15, 0.2) is 10.6 Å². The summed E-state index contributed by atoms with van der Waals surface area (Å²) in [4.78, 5) is 26.3. The molecule has 27 heavy (non-hydrogen) atoms. The Balaban J connectivity index is 1.71. The number of rotatable bonds is 8. The molecule has 3 rings (SSSR count). The van der Waals surface area contributed by atoms with E-state index >= 15 is 0 Å². The van der Waals surface area contributed by atoms with Gasteiger partial charge in [-0.2, -0.15) is 0 Å². The highest BCUT2D eigenvalue weighted by molar-refractivity contribution is 8.03. The maximum atomic E-state index is 12.4. The number of aliphatic hydroxyl groups excluding tert-OH is 2. The predicted octanol–water partition coefficient (Wildman–Crippen LogP) is -0.296. The average Bonchev–Trinajstić information content (AvgIpc) is 3.15. The Kier molecular flexibility index (Phi) is 6.17. The van der Waals surface area contributed by atoms with Crippen molar-refractivity contribution >= 4 is 23.6 Å². The van der Waals surface area contributed by atoms with Crippen LogP contribution in [0, 0.1) is 11.8 Å². The van der Waals surface area contributed by atoms with Crippen molar-refractivity contribution in [2.45, 2.75) is 62.7 Å². The van der Waals surface area contributed by atoms with Crippen LogP contribution in [0.25, 0.3) is 0 Å². The molecule has 1 amide bonds. The van der Waals surface area contributed by atoms with Gasteiger partial charge in [0.05, 0.1) is 24.2 Å². The first-order valence-electron chi connectivity index (χ1n) is 9.54. The fraction of sp³-hybridized carbons (Fsp3) is 0.778. The maximum Gasteiger partial charge on any atom is 0.353 e. The van der Waals surface area contributed by atoms with Crippen molar-refractivity contribution in [1.82, 2.24) is 10.2 Å². The maximum absolute atomic E-state index is 12.4. The third kappa shape index (κ3) is 3.63. The molecule has 0 bridgehead atoms. The Hall–Kier alpha value is -1.13. The summed E-state index contributed by atoms with van der Waals surface area (Å²) in [6, 6.07) is -0.310. The van der Waals surface area contributed by atoms with E-state index in [0.717, 1.165) is 12.8 Å². The molecule has 7 atom stereocenters. The van der Waals surface area contributed by atoms with Crippen LogP contribution in [0.2, 0.25) is 0 Å². The molecular weight excluding hydrogens is 370 g/mol. The van der Waals surface area contributed by atoms with Gasteiger partial charge in [0.2, 0.25) is 5.91 Å². The van der Waals surface area contributed by atoms with Crippen LogP contribution in [0.5, 0.6) is 0 Å². The van der Waals surface area contributed by atoms with Crippen molar-refractivity contribution in [1.29, 1.82) is 0 Å². The highest BCUT2D eigenvalue weighted by Crippen LogP contribution is 2.51. The molecule has 152 valence electrons. The lowest BCUT2D eigenvalue weighted by Crippen LogP contribution is -2.63. The zero-order chi connectivity index (χ0) is 19.9. The smallest absolute Gasteiger partial charge is 0.353 e. The van der Waals surface area contributed by atoms with E-state index < -0.39 is 24.1 Å². The fourth-order valence-electron chi connectivity index (χ4n) is 4.50. The molecular formula is C18H29N3O5S. The molecule has 6 N–H and O–H groups in total. The van der Waals surface area contributed by atoms with Gasteiger partial charge < -0.3 is 31.3 Å². The van der Waals surface area contributed by atoms with Gasteiger partial charge in [0.25, 0.3) is 0 Å². The largest absolute Gasteiger partial charge is 0.477 e. The number of carbonyl (C=O) groups is 2. The van der Waals surface area contributed by atoms with Gasteiger partial charge in [0.1, 0.15) is 5.70 Å². The quantitative estimate of drug-likeness (QED) is 0.351. The molecule has 0 aliphatic carbocycles. The summed E-state index contributed by atoms with van der Waals surface area (Å²) in [5, 5.41) is 33.3. The summed E-state index contributed by atoms with van der Waals surface area (Å²) in [5.41, 5.74) is 5.56. The summed E-state index contributed by atoms with van der Waals surface area (Å²) < 4.78 is 0. The second-order valence-corrected chi connectivity index (χ2v) is 9.10. The lowest BCUT2D eigenvalue weighted by molar-refractivity contribution is -0.163. The molecule has 0 aromatic rings. The van der Waals surface area contributed by atoms with Gasteiger partial charge in [-0.05, 0) is 32.7 Å². The van der Waals surface area contributed by atoms with Crippen LogP contribution in [0.1, 0.15) is 33.1 Å². The number of aliphatic hydroxyl groups is 2. The Labute approximate surface area is 163 Å². The van der Waals surface area contributed by atoms with Crippen LogP contribution in [0.4, 0.5) is 0 Å². The van der Waals surface area contributed by atoms with E-state index in [9.17, 15) is 24.9 Å². The average molecular weight is 400 g/mol. The van der Waals surface area contributed by atoms with Gasteiger partial charge in [-0.3, -0.25) is 4.79 Å². The number of β-lactam (4-membered cyclic amide) rings is 1. The van der Waals surface area contributed by atoms with Crippen molar-refractivity contribution in [3.05, 3.63) is 10.6 Å². The van der Waals surface area contributed by atoms with Gasteiger partial charge >= 0.3 is 5.97 Å². The van der Waals surface area contributed by atoms with Gasteiger partial charge in [0, 0.05) is 28.7 Å². The summed E-state index contributed by atoms with van der Waals surface area (Å²) >= 11 is 1.49. The van der Waals surface area contributed by atoms with E-state index in [1.165, 1.54) is 16.7 Å². The number of carboxylic acids is 1. The Morgan fingerprint density at radius 2 is 2.15 bits per heavy atom. The molecule has 0 radical (unpaired) electrons. The Morgan fingerprint density at radius 3 is 2.74 bits per heavy atom. The minimum Gasteiger partial charge on any atom is -0.477 e. The highest BCUT2D eigenvalue weighted by Gasteiger charge is 2.60. The minimum absolute atomic E-state index is 0.0245. The number of nitrogens with one attached hydrogen (secondary N) is 1. The minimum atomic E-state index is -1.10. The molecule has 8 nitrogen and oxygen atoms in total. The van der Waals surface area contributed by atoms with Crippen molar-refractivity contribution in [2.24, 2.45) is 17.6 Å². The van der Waals surface area contributed by atoms with Crippen LogP contribution in [-0.4, -0.2) is 74.7 Å². The third-order valence-corrected chi connectivity index (χ3v) is 7.41. The SMILES string of the molecule is C[C@@H](O)[C@H]1C(=O)N2C(C(=O)O)=C(S[C@@H]3CN[C@H]([C@H](O)CCCN)C3)[C@H](C)[C@H]12.